The number of rotatable bonds is 5. The van der Waals surface area contributed by atoms with Crippen molar-refractivity contribution in [3.8, 4) is 0 Å². The Hall–Kier alpha value is -3.22. The van der Waals surface area contributed by atoms with Gasteiger partial charge in [-0.1, -0.05) is 24.3 Å². The van der Waals surface area contributed by atoms with Gasteiger partial charge in [-0.3, -0.25) is 0 Å². The SMILES string of the molecule is Cc1cc(N2CCN(c3ccccn3)CC2)nc(NCc2ccccc2F)n1. The van der Waals surface area contributed by atoms with Crippen molar-refractivity contribution >= 4 is 17.6 Å². The summed E-state index contributed by atoms with van der Waals surface area (Å²) in [5.41, 5.74) is 1.48. The molecule has 1 aromatic carbocycles. The van der Waals surface area contributed by atoms with Crippen molar-refractivity contribution in [3.63, 3.8) is 0 Å². The molecule has 1 saturated heterocycles. The number of aromatic nitrogens is 3. The monoisotopic (exact) mass is 378 g/mol. The highest BCUT2D eigenvalue weighted by Gasteiger charge is 2.19. The van der Waals surface area contributed by atoms with Gasteiger partial charge in [-0.15, -0.1) is 0 Å². The molecule has 0 unspecified atom stereocenters. The first-order valence-electron chi connectivity index (χ1n) is 9.43. The number of nitrogens with one attached hydrogen (secondary N) is 1. The highest BCUT2D eigenvalue weighted by atomic mass is 19.1. The molecule has 1 N–H and O–H groups in total. The smallest absolute Gasteiger partial charge is 0.225 e. The average molecular weight is 378 g/mol. The second-order valence-corrected chi connectivity index (χ2v) is 6.80. The van der Waals surface area contributed by atoms with Gasteiger partial charge >= 0.3 is 0 Å². The van der Waals surface area contributed by atoms with Gasteiger partial charge < -0.3 is 15.1 Å². The Bertz CT molecular complexity index is 925. The van der Waals surface area contributed by atoms with Gasteiger partial charge in [0.15, 0.2) is 0 Å². The molecule has 0 amide bonds. The molecule has 0 spiro atoms. The van der Waals surface area contributed by atoms with E-state index in [1.807, 2.05) is 43.5 Å². The Balaban J connectivity index is 1.42. The fourth-order valence-electron chi connectivity index (χ4n) is 3.31. The molecule has 0 radical (unpaired) electrons. The minimum Gasteiger partial charge on any atom is -0.353 e. The Kier molecular flexibility index (Phi) is 5.32. The van der Waals surface area contributed by atoms with E-state index < -0.39 is 0 Å². The van der Waals surface area contributed by atoms with Gasteiger partial charge in [0.25, 0.3) is 0 Å². The Morgan fingerprint density at radius 2 is 1.64 bits per heavy atom. The summed E-state index contributed by atoms with van der Waals surface area (Å²) in [5, 5.41) is 3.15. The number of hydrogen-bond acceptors (Lipinski definition) is 6. The van der Waals surface area contributed by atoms with Gasteiger partial charge in [-0.05, 0) is 25.1 Å². The summed E-state index contributed by atoms with van der Waals surface area (Å²) in [5.74, 6) is 2.19. The number of hydrogen-bond donors (Lipinski definition) is 1. The van der Waals surface area contributed by atoms with Crippen molar-refractivity contribution in [3.05, 3.63) is 71.8 Å². The molecule has 7 heteroatoms. The lowest BCUT2D eigenvalue weighted by atomic mass is 10.2. The number of halogens is 1. The minimum absolute atomic E-state index is 0.228. The molecule has 3 aromatic rings. The summed E-state index contributed by atoms with van der Waals surface area (Å²) < 4.78 is 13.8. The maximum atomic E-state index is 13.8. The summed E-state index contributed by atoms with van der Waals surface area (Å²) >= 11 is 0. The fraction of sp³-hybridized carbons (Fsp3) is 0.286. The molecule has 0 saturated carbocycles. The highest BCUT2D eigenvalue weighted by Crippen LogP contribution is 2.20. The van der Waals surface area contributed by atoms with Crippen molar-refractivity contribution < 1.29 is 4.39 Å². The number of benzene rings is 1. The highest BCUT2D eigenvalue weighted by molar-refractivity contribution is 5.48. The Morgan fingerprint density at radius 3 is 2.36 bits per heavy atom. The van der Waals surface area contributed by atoms with Crippen LogP contribution in [0.5, 0.6) is 0 Å². The van der Waals surface area contributed by atoms with Gasteiger partial charge in [-0.25, -0.2) is 14.4 Å². The molecule has 6 nitrogen and oxygen atoms in total. The van der Waals surface area contributed by atoms with Crippen molar-refractivity contribution in [2.24, 2.45) is 0 Å². The van der Waals surface area contributed by atoms with Gasteiger partial charge in [-0.2, -0.15) is 4.98 Å². The lowest BCUT2D eigenvalue weighted by molar-refractivity contribution is 0.612. The number of anilines is 3. The number of pyridine rings is 1. The number of piperazine rings is 1. The lowest BCUT2D eigenvalue weighted by Gasteiger charge is -2.36. The third-order valence-electron chi connectivity index (χ3n) is 4.81. The first-order valence-corrected chi connectivity index (χ1v) is 9.43. The van der Waals surface area contributed by atoms with E-state index >= 15 is 0 Å². The van der Waals surface area contributed by atoms with Crippen LogP contribution in [0.4, 0.5) is 22.0 Å². The molecular formula is C21H23FN6. The van der Waals surface area contributed by atoms with Crippen LogP contribution >= 0.6 is 0 Å². The third kappa shape index (κ3) is 4.19. The van der Waals surface area contributed by atoms with E-state index in [2.05, 4.69) is 30.1 Å². The lowest BCUT2D eigenvalue weighted by Crippen LogP contribution is -2.47. The molecule has 144 valence electrons. The van der Waals surface area contributed by atoms with Crippen molar-refractivity contribution in [2.45, 2.75) is 13.5 Å². The van der Waals surface area contributed by atoms with Crippen LogP contribution in [0.25, 0.3) is 0 Å². The molecule has 28 heavy (non-hydrogen) atoms. The second-order valence-electron chi connectivity index (χ2n) is 6.80. The van der Waals surface area contributed by atoms with E-state index in [0.29, 0.717) is 18.1 Å². The second kappa shape index (κ2) is 8.21. The standard InChI is InChI=1S/C21H23FN6/c1-16-14-20(26-21(25-16)24-15-17-6-2-3-7-18(17)22)28-12-10-27(11-13-28)19-8-4-5-9-23-19/h2-9,14H,10-13,15H2,1H3,(H,24,25,26). The largest absolute Gasteiger partial charge is 0.353 e. The summed E-state index contributed by atoms with van der Waals surface area (Å²) in [6.45, 7) is 5.79. The topological polar surface area (TPSA) is 57.2 Å². The maximum absolute atomic E-state index is 13.8. The van der Waals surface area contributed by atoms with Gasteiger partial charge in [0.1, 0.15) is 17.5 Å². The van der Waals surface area contributed by atoms with E-state index in [-0.39, 0.29) is 5.82 Å². The van der Waals surface area contributed by atoms with Crippen molar-refractivity contribution in [2.75, 3.05) is 41.3 Å². The number of nitrogens with zero attached hydrogens (tertiary/aromatic N) is 5. The van der Waals surface area contributed by atoms with Crippen LogP contribution in [0.2, 0.25) is 0 Å². The third-order valence-corrected chi connectivity index (χ3v) is 4.81. The number of aryl methyl sites for hydroxylation is 1. The fourth-order valence-corrected chi connectivity index (χ4v) is 3.31. The zero-order valence-corrected chi connectivity index (χ0v) is 15.8. The van der Waals surface area contributed by atoms with Crippen LogP contribution in [0, 0.1) is 12.7 Å². The van der Waals surface area contributed by atoms with E-state index in [4.69, 9.17) is 0 Å². The van der Waals surface area contributed by atoms with E-state index in [0.717, 1.165) is 43.5 Å². The first-order chi connectivity index (χ1) is 13.7. The van der Waals surface area contributed by atoms with Crippen LogP contribution < -0.4 is 15.1 Å². The molecular weight excluding hydrogens is 355 g/mol. The van der Waals surface area contributed by atoms with Crippen molar-refractivity contribution in [1.82, 2.24) is 15.0 Å². The molecule has 4 rings (SSSR count). The molecule has 3 heterocycles. The van der Waals surface area contributed by atoms with E-state index in [1.54, 1.807) is 12.1 Å². The minimum atomic E-state index is -0.228. The molecule has 0 bridgehead atoms. The summed E-state index contributed by atoms with van der Waals surface area (Å²) in [6.07, 6.45) is 1.82. The average Bonchev–Trinajstić information content (AvgIpc) is 2.74. The molecule has 0 atom stereocenters. The van der Waals surface area contributed by atoms with Gasteiger partial charge in [0.05, 0.1) is 0 Å². The maximum Gasteiger partial charge on any atom is 0.225 e. The predicted molar refractivity (Wildman–Crippen MR) is 109 cm³/mol. The van der Waals surface area contributed by atoms with Crippen LogP contribution in [-0.2, 0) is 6.54 Å². The molecule has 1 aliphatic heterocycles. The molecule has 1 aliphatic rings. The Labute approximate surface area is 164 Å². The molecule has 0 aliphatic carbocycles. The quantitative estimate of drug-likeness (QED) is 0.736. The Morgan fingerprint density at radius 1 is 0.929 bits per heavy atom. The van der Waals surface area contributed by atoms with Crippen LogP contribution in [0.1, 0.15) is 11.3 Å². The normalized spacial score (nSPS) is 14.2. The zero-order chi connectivity index (χ0) is 19.3. The first kappa shape index (κ1) is 18.2. The van der Waals surface area contributed by atoms with Crippen LogP contribution in [0.15, 0.2) is 54.7 Å². The van der Waals surface area contributed by atoms with Gasteiger partial charge in [0.2, 0.25) is 5.95 Å². The van der Waals surface area contributed by atoms with E-state index in [9.17, 15) is 4.39 Å². The van der Waals surface area contributed by atoms with Crippen LogP contribution in [0.3, 0.4) is 0 Å². The summed E-state index contributed by atoms with van der Waals surface area (Å²) in [6, 6.07) is 14.7. The van der Waals surface area contributed by atoms with Gasteiger partial charge in [0, 0.05) is 56.2 Å². The zero-order valence-electron chi connectivity index (χ0n) is 15.8. The van der Waals surface area contributed by atoms with Crippen molar-refractivity contribution in [1.29, 1.82) is 0 Å². The van der Waals surface area contributed by atoms with E-state index in [1.165, 1.54) is 6.07 Å². The van der Waals surface area contributed by atoms with Crippen LogP contribution in [-0.4, -0.2) is 41.1 Å². The summed E-state index contributed by atoms with van der Waals surface area (Å²) in [7, 11) is 0. The predicted octanol–water partition coefficient (Wildman–Crippen LogP) is 3.26. The molecule has 1 fully saturated rings. The summed E-state index contributed by atoms with van der Waals surface area (Å²) in [4.78, 5) is 18.1. The molecule has 2 aromatic heterocycles.